The third-order valence-electron chi connectivity index (χ3n) is 3.02. The molecule has 1 aliphatic heterocycles. The highest BCUT2D eigenvalue weighted by molar-refractivity contribution is 5.37. The van der Waals surface area contributed by atoms with E-state index < -0.39 is 0 Å². The van der Waals surface area contributed by atoms with Crippen molar-refractivity contribution in [3.8, 4) is 5.75 Å². The van der Waals surface area contributed by atoms with Crippen molar-refractivity contribution in [2.75, 3.05) is 0 Å². The van der Waals surface area contributed by atoms with Crippen molar-refractivity contribution >= 4 is 0 Å². The predicted octanol–water partition coefficient (Wildman–Crippen LogP) is 2.88. The lowest BCUT2D eigenvalue weighted by molar-refractivity contribution is 0.0581. The van der Waals surface area contributed by atoms with Gasteiger partial charge in [-0.15, -0.1) is 0 Å². The fourth-order valence-corrected chi connectivity index (χ4v) is 1.98. The summed E-state index contributed by atoms with van der Waals surface area (Å²) < 4.78 is 5.99. The Hall–Kier alpha value is -1.02. The van der Waals surface area contributed by atoms with Crippen LogP contribution in [0.1, 0.15) is 38.8 Å². The second kappa shape index (κ2) is 3.53. The van der Waals surface area contributed by atoms with Crippen molar-refractivity contribution in [1.29, 1.82) is 0 Å². The molecule has 2 N–H and O–H groups in total. The predicted molar refractivity (Wildman–Crippen MR) is 61.9 cm³/mol. The molecular weight excluding hydrogens is 186 g/mol. The molecule has 2 atom stereocenters. The van der Waals surface area contributed by atoms with Gasteiger partial charge in [0.2, 0.25) is 0 Å². The molecule has 2 heteroatoms. The molecule has 0 radical (unpaired) electrons. The lowest BCUT2D eigenvalue weighted by Crippen LogP contribution is -2.38. The topological polar surface area (TPSA) is 35.2 Å². The smallest absolute Gasteiger partial charge is 0.124 e. The molecule has 0 saturated heterocycles. The maximum Gasteiger partial charge on any atom is 0.124 e. The van der Waals surface area contributed by atoms with Gasteiger partial charge in [-0.2, -0.15) is 0 Å². The van der Waals surface area contributed by atoms with E-state index in [9.17, 15) is 0 Å². The van der Waals surface area contributed by atoms with E-state index in [4.69, 9.17) is 10.5 Å². The summed E-state index contributed by atoms with van der Waals surface area (Å²) in [5.41, 5.74) is 7.43. The Morgan fingerprint density at radius 2 is 1.93 bits per heavy atom. The first-order valence-corrected chi connectivity index (χ1v) is 5.49. The van der Waals surface area contributed by atoms with Crippen LogP contribution in [0.4, 0.5) is 0 Å². The molecule has 2 rings (SSSR count). The number of fused-ring (bicyclic) bond motifs is 1. The summed E-state index contributed by atoms with van der Waals surface area (Å²) in [6.45, 7) is 6.58. The van der Waals surface area contributed by atoms with Crippen LogP contribution in [0, 0.1) is 5.41 Å². The highest BCUT2D eigenvalue weighted by atomic mass is 16.5. The van der Waals surface area contributed by atoms with Gasteiger partial charge in [0.25, 0.3) is 0 Å². The van der Waals surface area contributed by atoms with Crippen LogP contribution in [-0.2, 0) is 0 Å². The maximum atomic E-state index is 6.15. The van der Waals surface area contributed by atoms with Gasteiger partial charge in [0.15, 0.2) is 0 Å². The van der Waals surface area contributed by atoms with E-state index in [-0.39, 0.29) is 17.6 Å². The molecule has 82 valence electrons. The Balaban J connectivity index is 2.30. The van der Waals surface area contributed by atoms with Gasteiger partial charge in [0.05, 0.1) is 0 Å². The second-order valence-corrected chi connectivity index (χ2v) is 5.35. The second-order valence-electron chi connectivity index (χ2n) is 5.35. The van der Waals surface area contributed by atoms with Gasteiger partial charge in [0, 0.05) is 18.0 Å². The minimum absolute atomic E-state index is 0.110. The van der Waals surface area contributed by atoms with Gasteiger partial charge in [-0.1, -0.05) is 39.0 Å². The minimum Gasteiger partial charge on any atom is -0.489 e. The molecule has 1 aromatic rings. The Bertz CT molecular complexity index is 354. The number of nitrogens with two attached hydrogens (primary N) is 1. The molecule has 0 amide bonds. The summed E-state index contributed by atoms with van der Waals surface area (Å²) in [7, 11) is 0. The van der Waals surface area contributed by atoms with Crippen molar-refractivity contribution in [3.05, 3.63) is 29.8 Å². The lowest BCUT2D eigenvalue weighted by atomic mass is 9.82. The van der Waals surface area contributed by atoms with Gasteiger partial charge in [-0.05, 0) is 11.5 Å². The number of benzene rings is 1. The largest absolute Gasteiger partial charge is 0.489 e. The monoisotopic (exact) mass is 205 g/mol. The van der Waals surface area contributed by atoms with Crippen molar-refractivity contribution < 1.29 is 4.74 Å². The van der Waals surface area contributed by atoms with E-state index in [2.05, 4.69) is 26.8 Å². The fourth-order valence-electron chi connectivity index (χ4n) is 1.98. The molecular formula is C13H19NO. The highest BCUT2D eigenvalue weighted by Gasteiger charge is 2.33. The third-order valence-corrected chi connectivity index (χ3v) is 3.02. The van der Waals surface area contributed by atoms with Gasteiger partial charge in [-0.3, -0.25) is 0 Å². The van der Waals surface area contributed by atoms with E-state index >= 15 is 0 Å². The first-order chi connectivity index (χ1) is 6.98. The number of ether oxygens (including phenoxy) is 1. The van der Waals surface area contributed by atoms with E-state index in [1.54, 1.807) is 0 Å². The maximum absolute atomic E-state index is 6.15. The number of hydrogen-bond acceptors (Lipinski definition) is 2. The molecule has 15 heavy (non-hydrogen) atoms. The quantitative estimate of drug-likeness (QED) is 0.706. The van der Waals surface area contributed by atoms with Gasteiger partial charge in [0.1, 0.15) is 11.9 Å². The molecule has 0 aromatic heterocycles. The van der Waals surface area contributed by atoms with Crippen LogP contribution in [0.2, 0.25) is 0 Å². The SMILES string of the molecule is CC(C)(C)C1CC(N)c2ccccc2O1. The van der Waals surface area contributed by atoms with E-state index in [1.165, 1.54) is 0 Å². The van der Waals surface area contributed by atoms with Crippen LogP contribution in [0.5, 0.6) is 5.75 Å². The van der Waals surface area contributed by atoms with Crippen molar-refractivity contribution in [3.63, 3.8) is 0 Å². The van der Waals surface area contributed by atoms with Gasteiger partial charge >= 0.3 is 0 Å². The lowest BCUT2D eigenvalue weighted by Gasteiger charge is -2.37. The van der Waals surface area contributed by atoms with Crippen LogP contribution in [-0.4, -0.2) is 6.10 Å². The Morgan fingerprint density at radius 3 is 2.60 bits per heavy atom. The van der Waals surface area contributed by atoms with Crippen LogP contribution in [0.3, 0.4) is 0 Å². The standard InChI is InChI=1S/C13H19NO/c1-13(2,3)12-8-10(14)9-6-4-5-7-11(9)15-12/h4-7,10,12H,8,14H2,1-3H3. The minimum atomic E-state index is 0.110. The Labute approximate surface area is 91.4 Å². The summed E-state index contributed by atoms with van der Waals surface area (Å²) in [6.07, 6.45) is 1.11. The van der Waals surface area contributed by atoms with Gasteiger partial charge in [-0.25, -0.2) is 0 Å². The number of hydrogen-bond donors (Lipinski definition) is 1. The molecule has 2 nitrogen and oxygen atoms in total. The van der Waals surface area contributed by atoms with Crippen LogP contribution in [0.25, 0.3) is 0 Å². The zero-order valence-corrected chi connectivity index (χ0v) is 9.66. The Kier molecular flexibility index (Phi) is 2.47. The summed E-state index contributed by atoms with van der Waals surface area (Å²) in [5.74, 6) is 0.955. The van der Waals surface area contributed by atoms with Crippen LogP contribution in [0.15, 0.2) is 24.3 Å². The zero-order valence-electron chi connectivity index (χ0n) is 9.66. The first-order valence-electron chi connectivity index (χ1n) is 5.49. The third kappa shape index (κ3) is 2.00. The molecule has 0 fully saturated rings. The Morgan fingerprint density at radius 1 is 1.27 bits per heavy atom. The van der Waals surface area contributed by atoms with Crippen molar-refractivity contribution in [2.45, 2.75) is 39.3 Å². The van der Waals surface area contributed by atoms with Crippen molar-refractivity contribution in [1.82, 2.24) is 0 Å². The average molecular weight is 205 g/mol. The normalized spacial score (nSPS) is 25.6. The summed E-state index contributed by atoms with van der Waals surface area (Å²) in [6, 6.07) is 8.18. The van der Waals surface area contributed by atoms with Crippen LogP contribution >= 0.6 is 0 Å². The molecule has 0 saturated carbocycles. The molecule has 1 aromatic carbocycles. The molecule has 0 bridgehead atoms. The molecule has 0 aliphatic carbocycles. The molecule has 1 aliphatic rings. The van der Waals surface area contributed by atoms with Gasteiger partial charge < -0.3 is 10.5 Å². The average Bonchev–Trinajstić information content (AvgIpc) is 2.16. The first kappa shape index (κ1) is 10.5. The molecule has 2 unspecified atom stereocenters. The number of rotatable bonds is 0. The van der Waals surface area contributed by atoms with E-state index in [0.717, 1.165) is 17.7 Å². The van der Waals surface area contributed by atoms with Crippen LogP contribution < -0.4 is 10.5 Å². The summed E-state index contributed by atoms with van der Waals surface area (Å²) in [4.78, 5) is 0. The summed E-state index contributed by atoms with van der Waals surface area (Å²) in [5, 5.41) is 0. The molecule has 0 spiro atoms. The number of para-hydroxylation sites is 1. The molecule has 1 heterocycles. The van der Waals surface area contributed by atoms with E-state index in [0.29, 0.717) is 0 Å². The summed E-state index contributed by atoms with van der Waals surface area (Å²) >= 11 is 0. The fraction of sp³-hybridized carbons (Fsp3) is 0.538. The highest BCUT2D eigenvalue weighted by Crippen LogP contribution is 2.38. The zero-order chi connectivity index (χ0) is 11.1. The van der Waals surface area contributed by atoms with E-state index in [1.807, 2.05) is 18.2 Å². The van der Waals surface area contributed by atoms with Crippen molar-refractivity contribution in [2.24, 2.45) is 11.1 Å².